The highest BCUT2D eigenvalue weighted by Crippen LogP contribution is 2.37. The normalized spacial score (nSPS) is 14.6. The van der Waals surface area contributed by atoms with Crippen molar-refractivity contribution in [2.45, 2.75) is 32.7 Å². The van der Waals surface area contributed by atoms with Crippen molar-refractivity contribution in [3.63, 3.8) is 0 Å². The highest BCUT2D eigenvalue weighted by molar-refractivity contribution is 6.09. The van der Waals surface area contributed by atoms with Gasteiger partial charge < -0.3 is 16.4 Å². The first-order chi connectivity index (χ1) is 16.0. The number of nitrogens with one attached hydrogen (secondary N) is 2. The van der Waals surface area contributed by atoms with Crippen LogP contribution in [0.1, 0.15) is 30.7 Å². The molecule has 0 atom stereocenters. The van der Waals surface area contributed by atoms with Crippen molar-refractivity contribution in [3.8, 4) is 11.1 Å². The molecule has 0 radical (unpaired) electrons. The first-order valence-electron chi connectivity index (χ1n) is 11.4. The fourth-order valence-corrected chi connectivity index (χ4v) is 4.85. The number of urea groups is 1. The number of fused-ring (bicyclic) bond motifs is 3. The van der Waals surface area contributed by atoms with Crippen LogP contribution >= 0.6 is 0 Å². The van der Waals surface area contributed by atoms with Gasteiger partial charge in [0.25, 0.3) is 0 Å². The number of nitrogens with two attached hydrogens (primary N) is 1. The van der Waals surface area contributed by atoms with Crippen LogP contribution < -0.4 is 16.4 Å². The Balaban J connectivity index is 1.56. The Morgan fingerprint density at radius 2 is 1.73 bits per heavy atom. The largest absolute Gasteiger partial charge is 0.386 e. The van der Waals surface area contributed by atoms with E-state index in [1.807, 2.05) is 18.4 Å². The Morgan fingerprint density at radius 1 is 1.00 bits per heavy atom. The van der Waals surface area contributed by atoms with Crippen LogP contribution in [-0.2, 0) is 6.54 Å². The van der Waals surface area contributed by atoms with Gasteiger partial charge in [-0.05, 0) is 61.7 Å². The summed E-state index contributed by atoms with van der Waals surface area (Å²) in [5, 5.41) is 15.4. The van der Waals surface area contributed by atoms with E-state index in [-0.39, 0.29) is 0 Å². The maximum atomic E-state index is 11.7. The van der Waals surface area contributed by atoms with Gasteiger partial charge in [-0.2, -0.15) is 0 Å². The Bertz CT molecular complexity index is 1320. The molecule has 1 fully saturated rings. The van der Waals surface area contributed by atoms with Gasteiger partial charge in [-0.1, -0.05) is 36.8 Å². The lowest BCUT2D eigenvalue weighted by Gasteiger charge is -2.26. The maximum absolute atomic E-state index is 11.7. The standard InChI is InChI=1S/C25H29N7O/c1-16-29-30-24-23(28-25(26)33)22(27-2)20-14-19(10-11-21(20)32(16)24)18-8-6-17(7-9-18)15-31-12-4-3-5-13-31/h6-11,14,27H,3-5,12-13,15H2,1-2H3,(H3,26,28,33). The van der Waals surface area contributed by atoms with Crippen LogP contribution in [0.3, 0.4) is 0 Å². The molecule has 3 heterocycles. The van der Waals surface area contributed by atoms with Gasteiger partial charge in [-0.3, -0.25) is 9.30 Å². The minimum absolute atomic E-state index is 0.520. The van der Waals surface area contributed by atoms with E-state index in [1.54, 1.807) is 0 Å². The molecule has 2 aromatic heterocycles. The van der Waals surface area contributed by atoms with Crippen molar-refractivity contribution >= 4 is 34.0 Å². The maximum Gasteiger partial charge on any atom is 0.316 e. The third-order valence-electron chi connectivity index (χ3n) is 6.45. The van der Waals surface area contributed by atoms with Gasteiger partial charge in [0.15, 0.2) is 5.65 Å². The van der Waals surface area contributed by atoms with Gasteiger partial charge >= 0.3 is 6.03 Å². The smallest absolute Gasteiger partial charge is 0.316 e. The van der Waals surface area contributed by atoms with Gasteiger partial charge in [-0.15, -0.1) is 10.2 Å². The molecule has 8 heteroatoms. The molecule has 0 unspecified atom stereocenters. The molecule has 8 nitrogen and oxygen atoms in total. The van der Waals surface area contributed by atoms with Crippen LogP contribution in [0.2, 0.25) is 0 Å². The first-order valence-corrected chi connectivity index (χ1v) is 11.4. The van der Waals surface area contributed by atoms with Crippen LogP contribution in [0.25, 0.3) is 27.7 Å². The van der Waals surface area contributed by atoms with Crippen molar-refractivity contribution in [1.29, 1.82) is 0 Å². The van der Waals surface area contributed by atoms with Crippen LogP contribution in [-0.4, -0.2) is 45.7 Å². The quantitative estimate of drug-likeness (QED) is 0.425. The van der Waals surface area contributed by atoms with E-state index in [2.05, 4.69) is 68.2 Å². The second-order valence-corrected chi connectivity index (χ2v) is 8.66. The number of piperidine rings is 1. The summed E-state index contributed by atoms with van der Waals surface area (Å²) >= 11 is 0. The van der Waals surface area contributed by atoms with Crippen molar-refractivity contribution in [1.82, 2.24) is 19.5 Å². The summed E-state index contributed by atoms with van der Waals surface area (Å²) in [5.41, 5.74) is 11.8. The highest BCUT2D eigenvalue weighted by Gasteiger charge is 2.19. The number of aromatic nitrogens is 3. The molecular weight excluding hydrogens is 414 g/mol. The topological polar surface area (TPSA) is 101 Å². The van der Waals surface area contributed by atoms with Gasteiger partial charge in [0, 0.05) is 19.0 Å². The molecule has 4 aromatic rings. The number of anilines is 2. The van der Waals surface area contributed by atoms with E-state index in [1.165, 1.54) is 37.9 Å². The number of benzene rings is 2. The van der Waals surface area contributed by atoms with Crippen LogP contribution in [0, 0.1) is 6.92 Å². The molecule has 1 aliphatic heterocycles. The second kappa shape index (κ2) is 8.71. The van der Waals surface area contributed by atoms with Crippen molar-refractivity contribution < 1.29 is 4.79 Å². The number of primary amides is 1. The average Bonchev–Trinajstić information content (AvgIpc) is 3.21. The lowest BCUT2D eigenvalue weighted by atomic mass is 10.00. The summed E-state index contributed by atoms with van der Waals surface area (Å²) in [7, 11) is 1.82. The van der Waals surface area contributed by atoms with E-state index >= 15 is 0 Å². The summed E-state index contributed by atoms with van der Waals surface area (Å²) in [6, 6.07) is 14.5. The molecule has 2 aromatic carbocycles. The van der Waals surface area contributed by atoms with Gasteiger partial charge in [0.05, 0.1) is 11.2 Å². The Hall–Kier alpha value is -3.65. The summed E-state index contributed by atoms with van der Waals surface area (Å²) in [4.78, 5) is 14.2. The van der Waals surface area contributed by atoms with Gasteiger partial charge in [0.2, 0.25) is 0 Å². The Morgan fingerprint density at radius 3 is 2.42 bits per heavy atom. The highest BCUT2D eigenvalue weighted by atomic mass is 16.2. The molecule has 1 aliphatic rings. The average molecular weight is 444 g/mol. The number of likely N-dealkylation sites (tertiary alicyclic amines) is 1. The fourth-order valence-electron chi connectivity index (χ4n) is 4.85. The number of rotatable bonds is 5. The molecule has 5 rings (SSSR count). The zero-order valence-corrected chi connectivity index (χ0v) is 19.1. The molecule has 4 N–H and O–H groups in total. The van der Waals surface area contributed by atoms with E-state index < -0.39 is 6.03 Å². The van der Waals surface area contributed by atoms with E-state index in [0.717, 1.165) is 40.1 Å². The predicted molar refractivity (Wildman–Crippen MR) is 133 cm³/mol. The monoisotopic (exact) mass is 443 g/mol. The minimum Gasteiger partial charge on any atom is -0.386 e. The van der Waals surface area contributed by atoms with Gasteiger partial charge in [0.1, 0.15) is 11.5 Å². The van der Waals surface area contributed by atoms with Crippen molar-refractivity contribution in [2.24, 2.45) is 5.73 Å². The van der Waals surface area contributed by atoms with E-state index in [9.17, 15) is 4.79 Å². The molecule has 0 aliphatic carbocycles. The number of aryl methyl sites for hydroxylation is 1. The Labute approximate surface area is 192 Å². The first kappa shape index (κ1) is 21.2. The molecule has 0 bridgehead atoms. The van der Waals surface area contributed by atoms with Crippen LogP contribution in [0.5, 0.6) is 0 Å². The third-order valence-corrected chi connectivity index (χ3v) is 6.45. The summed E-state index contributed by atoms with van der Waals surface area (Å²) in [5.74, 6) is 0.736. The number of pyridine rings is 1. The fraction of sp³-hybridized carbons (Fsp3) is 0.320. The van der Waals surface area contributed by atoms with Crippen LogP contribution in [0.15, 0.2) is 42.5 Å². The number of nitrogens with zero attached hydrogens (tertiary/aromatic N) is 4. The number of hydrogen-bond acceptors (Lipinski definition) is 5. The molecule has 0 spiro atoms. The molecule has 33 heavy (non-hydrogen) atoms. The number of hydrogen-bond donors (Lipinski definition) is 3. The lowest BCUT2D eigenvalue weighted by molar-refractivity contribution is 0.221. The SMILES string of the molecule is CNc1c(NC(N)=O)c2nnc(C)n2c2ccc(-c3ccc(CN4CCCCC4)cc3)cc12. The lowest BCUT2D eigenvalue weighted by Crippen LogP contribution is -2.28. The number of carbonyl (C=O) groups excluding carboxylic acids is 1. The number of carbonyl (C=O) groups is 1. The molecule has 0 saturated carbocycles. The zero-order valence-electron chi connectivity index (χ0n) is 19.1. The van der Waals surface area contributed by atoms with Gasteiger partial charge in [-0.25, -0.2) is 4.79 Å². The number of amides is 2. The summed E-state index contributed by atoms with van der Waals surface area (Å²) in [6.45, 7) is 5.28. The molecule has 2 amide bonds. The molecule has 170 valence electrons. The minimum atomic E-state index is -0.645. The van der Waals surface area contributed by atoms with E-state index in [4.69, 9.17) is 5.73 Å². The predicted octanol–water partition coefficient (Wildman–Crippen LogP) is 4.38. The van der Waals surface area contributed by atoms with Crippen molar-refractivity contribution in [2.75, 3.05) is 30.8 Å². The third kappa shape index (κ3) is 3.98. The molecule has 1 saturated heterocycles. The summed E-state index contributed by atoms with van der Waals surface area (Å²) < 4.78 is 1.94. The summed E-state index contributed by atoms with van der Waals surface area (Å²) in [6.07, 6.45) is 3.95. The van der Waals surface area contributed by atoms with E-state index in [0.29, 0.717) is 11.3 Å². The molecular formula is C25H29N7O. The zero-order chi connectivity index (χ0) is 22.9. The Kier molecular flexibility index (Phi) is 5.60. The second-order valence-electron chi connectivity index (χ2n) is 8.66. The van der Waals surface area contributed by atoms with Crippen molar-refractivity contribution in [3.05, 3.63) is 53.9 Å². The van der Waals surface area contributed by atoms with Crippen LogP contribution in [0.4, 0.5) is 16.2 Å².